The third-order valence-corrected chi connectivity index (χ3v) is 4.86. The molecule has 0 aromatic rings. The molecule has 2 saturated carbocycles. The smallest absolute Gasteiger partial charge is 0.00615 e. The van der Waals surface area contributed by atoms with Gasteiger partial charge in [-0.15, -0.1) is 0 Å². The third kappa shape index (κ3) is 0.654. The van der Waals surface area contributed by atoms with E-state index in [0.717, 1.165) is 5.41 Å². The van der Waals surface area contributed by atoms with Crippen molar-refractivity contribution in [3.8, 4) is 0 Å². The zero-order valence-electron chi connectivity index (χ0n) is 7.81. The van der Waals surface area contributed by atoms with Crippen molar-refractivity contribution in [2.24, 2.45) is 10.8 Å². The lowest BCUT2D eigenvalue weighted by Crippen LogP contribution is -2.53. The van der Waals surface area contributed by atoms with Crippen LogP contribution in [0.25, 0.3) is 0 Å². The molecular weight excluding hydrogens is 144 g/mol. The van der Waals surface area contributed by atoms with Crippen molar-refractivity contribution in [3.63, 3.8) is 0 Å². The molecule has 0 spiro atoms. The molecule has 66 valence electrons. The van der Waals surface area contributed by atoms with Gasteiger partial charge in [-0.25, -0.2) is 0 Å². The van der Waals surface area contributed by atoms with Gasteiger partial charge in [0.05, 0.1) is 0 Å². The maximum Gasteiger partial charge on any atom is -0.00615 e. The van der Waals surface area contributed by atoms with Crippen LogP contribution in [0.4, 0.5) is 0 Å². The predicted molar refractivity (Wildman–Crippen MR) is 50.9 cm³/mol. The fraction of sp³-hybridized carbons (Fsp3) is 0.833. The molecule has 3 aliphatic carbocycles. The summed E-state index contributed by atoms with van der Waals surface area (Å²) in [5.41, 5.74) is 1.52. The molecule has 0 heteroatoms. The van der Waals surface area contributed by atoms with Crippen molar-refractivity contribution in [2.45, 2.75) is 51.4 Å². The van der Waals surface area contributed by atoms with Gasteiger partial charge in [0.1, 0.15) is 0 Å². The quantitative estimate of drug-likeness (QED) is 0.477. The first-order chi connectivity index (χ1) is 5.87. The van der Waals surface area contributed by atoms with Crippen molar-refractivity contribution in [1.29, 1.82) is 0 Å². The van der Waals surface area contributed by atoms with Crippen molar-refractivity contribution in [2.75, 3.05) is 0 Å². The van der Waals surface area contributed by atoms with Crippen LogP contribution < -0.4 is 0 Å². The van der Waals surface area contributed by atoms with Crippen molar-refractivity contribution >= 4 is 0 Å². The molecule has 0 bridgehead atoms. The minimum absolute atomic E-state index is 0.712. The molecule has 0 heterocycles. The highest BCUT2D eigenvalue weighted by atomic mass is 14.6. The average molecular weight is 162 g/mol. The summed E-state index contributed by atoms with van der Waals surface area (Å²) < 4.78 is 0. The zero-order chi connectivity index (χ0) is 8.07. The van der Waals surface area contributed by atoms with E-state index >= 15 is 0 Å². The second-order valence-electron chi connectivity index (χ2n) is 5.08. The average Bonchev–Trinajstić information content (AvgIpc) is 2.09. The van der Waals surface area contributed by atoms with E-state index in [9.17, 15) is 0 Å². The first-order valence-electron chi connectivity index (χ1n) is 5.55. The maximum absolute atomic E-state index is 2.58. The molecule has 0 aliphatic heterocycles. The summed E-state index contributed by atoms with van der Waals surface area (Å²) in [4.78, 5) is 0. The van der Waals surface area contributed by atoms with Crippen LogP contribution in [0.2, 0.25) is 0 Å². The first-order valence-corrected chi connectivity index (χ1v) is 5.55. The minimum Gasteiger partial charge on any atom is -0.0879 e. The molecule has 0 aromatic carbocycles. The minimum atomic E-state index is 0.712. The molecule has 12 heavy (non-hydrogen) atoms. The van der Waals surface area contributed by atoms with Gasteiger partial charge < -0.3 is 0 Å². The van der Waals surface area contributed by atoms with Crippen molar-refractivity contribution in [3.05, 3.63) is 12.2 Å². The second-order valence-corrected chi connectivity index (χ2v) is 5.08. The summed E-state index contributed by atoms with van der Waals surface area (Å²) in [7, 11) is 0. The topological polar surface area (TPSA) is 0 Å². The van der Waals surface area contributed by atoms with Gasteiger partial charge in [0.2, 0.25) is 0 Å². The SMILES string of the molecule is C1=C[C@@]23CCCC[C@@]2(CC1)CC3. The molecule has 0 nitrogen and oxygen atoms in total. The van der Waals surface area contributed by atoms with Crippen molar-refractivity contribution in [1.82, 2.24) is 0 Å². The Morgan fingerprint density at radius 3 is 2.50 bits per heavy atom. The van der Waals surface area contributed by atoms with Crippen LogP contribution in [-0.4, -0.2) is 0 Å². The van der Waals surface area contributed by atoms with E-state index in [2.05, 4.69) is 12.2 Å². The number of hydrogen-bond donors (Lipinski definition) is 0. The molecular formula is C12H18. The summed E-state index contributed by atoms with van der Waals surface area (Å²) in [6, 6.07) is 0. The molecule has 3 aliphatic rings. The Labute approximate surface area is 75.0 Å². The Morgan fingerprint density at radius 1 is 0.833 bits per heavy atom. The van der Waals surface area contributed by atoms with Crippen LogP contribution in [-0.2, 0) is 0 Å². The summed E-state index contributed by atoms with van der Waals surface area (Å²) in [6.45, 7) is 0. The Bertz CT molecular complexity index is 228. The highest BCUT2D eigenvalue weighted by Gasteiger charge is 2.57. The molecule has 2 fully saturated rings. The number of hydrogen-bond acceptors (Lipinski definition) is 0. The fourth-order valence-corrected chi connectivity index (χ4v) is 3.98. The molecule has 0 radical (unpaired) electrons. The van der Waals surface area contributed by atoms with E-state index in [1.165, 1.54) is 51.4 Å². The van der Waals surface area contributed by atoms with E-state index in [4.69, 9.17) is 0 Å². The van der Waals surface area contributed by atoms with Gasteiger partial charge in [-0.05, 0) is 49.4 Å². The van der Waals surface area contributed by atoms with Gasteiger partial charge in [-0.2, -0.15) is 0 Å². The summed E-state index contributed by atoms with van der Waals surface area (Å²) in [5, 5.41) is 0. The molecule has 0 amide bonds. The van der Waals surface area contributed by atoms with Gasteiger partial charge >= 0.3 is 0 Å². The molecule has 2 atom stereocenters. The van der Waals surface area contributed by atoms with Gasteiger partial charge in [-0.1, -0.05) is 25.0 Å². The number of allylic oxidation sites excluding steroid dienone is 2. The monoisotopic (exact) mass is 162 g/mol. The third-order valence-electron chi connectivity index (χ3n) is 4.86. The summed E-state index contributed by atoms with van der Waals surface area (Å²) >= 11 is 0. The Balaban J connectivity index is 2.00. The highest BCUT2D eigenvalue weighted by molar-refractivity contribution is 5.20. The van der Waals surface area contributed by atoms with Gasteiger partial charge in [0.25, 0.3) is 0 Å². The lowest BCUT2D eigenvalue weighted by atomic mass is 9.41. The predicted octanol–water partition coefficient (Wildman–Crippen LogP) is 3.68. The van der Waals surface area contributed by atoms with E-state index in [0.29, 0.717) is 5.41 Å². The molecule has 0 unspecified atom stereocenters. The largest absolute Gasteiger partial charge is 0.0879 e. The summed E-state index contributed by atoms with van der Waals surface area (Å²) in [5.74, 6) is 0. The Morgan fingerprint density at radius 2 is 1.75 bits per heavy atom. The molecule has 0 aromatic heterocycles. The normalized spacial score (nSPS) is 50.7. The van der Waals surface area contributed by atoms with Crippen LogP contribution in [0.1, 0.15) is 51.4 Å². The van der Waals surface area contributed by atoms with E-state index in [1.54, 1.807) is 0 Å². The van der Waals surface area contributed by atoms with Crippen LogP contribution in [0, 0.1) is 10.8 Å². The Kier molecular flexibility index (Phi) is 1.29. The molecule has 3 rings (SSSR count). The van der Waals surface area contributed by atoms with E-state index < -0.39 is 0 Å². The van der Waals surface area contributed by atoms with Gasteiger partial charge in [0.15, 0.2) is 0 Å². The maximum atomic E-state index is 2.58. The lowest BCUT2D eigenvalue weighted by Gasteiger charge is -2.63. The fourth-order valence-electron chi connectivity index (χ4n) is 3.98. The summed E-state index contributed by atoms with van der Waals surface area (Å²) in [6.07, 6.45) is 17.0. The van der Waals surface area contributed by atoms with Crippen molar-refractivity contribution < 1.29 is 0 Å². The van der Waals surface area contributed by atoms with Crippen LogP contribution in [0.15, 0.2) is 12.2 Å². The van der Waals surface area contributed by atoms with Crippen LogP contribution >= 0.6 is 0 Å². The van der Waals surface area contributed by atoms with E-state index in [-0.39, 0.29) is 0 Å². The first kappa shape index (κ1) is 7.17. The highest BCUT2D eigenvalue weighted by Crippen LogP contribution is 2.68. The van der Waals surface area contributed by atoms with Gasteiger partial charge in [0, 0.05) is 0 Å². The lowest BCUT2D eigenvalue weighted by molar-refractivity contribution is -0.0909. The van der Waals surface area contributed by atoms with E-state index in [1.807, 2.05) is 0 Å². The molecule has 0 saturated heterocycles. The van der Waals surface area contributed by atoms with Crippen LogP contribution in [0.3, 0.4) is 0 Å². The van der Waals surface area contributed by atoms with Gasteiger partial charge in [-0.3, -0.25) is 0 Å². The zero-order valence-corrected chi connectivity index (χ0v) is 7.81. The standard InChI is InChI=1S/C12H18/c1-2-6-12-8-4-3-7-11(12,5-1)9-10-12/h1,5H,2-4,6-10H2/t11-,12-/m0/s1. The molecule has 0 N–H and O–H groups in total. The Hall–Kier alpha value is -0.260. The van der Waals surface area contributed by atoms with Crippen LogP contribution in [0.5, 0.6) is 0 Å². The number of rotatable bonds is 0. The second kappa shape index (κ2) is 2.16.